The molecule has 0 saturated carbocycles. The Balaban J connectivity index is 1.64. The van der Waals surface area contributed by atoms with Crippen LogP contribution in [0.2, 0.25) is 0 Å². The number of nitrogens with zero attached hydrogens (tertiary/aromatic N) is 1. The molecule has 39 heavy (non-hydrogen) atoms. The van der Waals surface area contributed by atoms with E-state index in [1.807, 2.05) is 100 Å². The smallest absolute Gasteiger partial charge is 0.409 e. The summed E-state index contributed by atoms with van der Waals surface area (Å²) in [4.78, 5) is 15.9. The number of nitrogens with one attached hydrogen (secondary N) is 1. The second-order valence-electron chi connectivity index (χ2n) is 10.6. The third kappa shape index (κ3) is 6.74. The Morgan fingerprint density at radius 1 is 0.923 bits per heavy atom. The zero-order valence-electron chi connectivity index (χ0n) is 23.3. The highest BCUT2D eigenvalue weighted by molar-refractivity contribution is 7.85. The topological polar surface area (TPSA) is 84.9 Å². The number of methoxy groups -OCH3 is 1. The zero-order valence-corrected chi connectivity index (χ0v) is 24.1. The van der Waals surface area contributed by atoms with Crippen molar-refractivity contribution in [3.63, 3.8) is 0 Å². The fourth-order valence-corrected chi connectivity index (χ4v) is 6.12. The first-order chi connectivity index (χ1) is 18.6. The SMILES string of the molecule is COc1cccc(C2CCN(c3ccccc3)CC2C(=O)NS(=O)(=O)Oc2c(C(C)C)cccc2C(C)C)c1. The lowest BCUT2D eigenvalue weighted by Crippen LogP contribution is -2.48. The minimum Gasteiger partial charge on any atom is -0.497 e. The summed E-state index contributed by atoms with van der Waals surface area (Å²) in [6.45, 7) is 9.03. The molecule has 1 aliphatic rings. The van der Waals surface area contributed by atoms with Crippen LogP contribution in [0.15, 0.2) is 72.8 Å². The number of carbonyl (C=O) groups is 1. The van der Waals surface area contributed by atoms with Gasteiger partial charge in [-0.05, 0) is 65.1 Å². The number of para-hydroxylation sites is 2. The summed E-state index contributed by atoms with van der Waals surface area (Å²) in [6.07, 6.45) is 0.675. The second-order valence-corrected chi connectivity index (χ2v) is 11.9. The quantitative estimate of drug-likeness (QED) is 0.352. The highest BCUT2D eigenvalue weighted by Gasteiger charge is 2.38. The van der Waals surface area contributed by atoms with Crippen LogP contribution < -0.4 is 18.5 Å². The number of ether oxygens (including phenoxy) is 1. The maximum absolute atomic E-state index is 13.7. The Morgan fingerprint density at radius 2 is 1.56 bits per heavy atom. The first-order valence-electron chi connectivity index (χ1n) is 13.4. The van der Waals surface area contributed by atoms with Crippen molar-refractivity contribution in [1.29, 1.82) is 0 Å². The number of amides is 1. The minimum absolute atomic E-state index is 0.0415. The number of benzene rings is 3. The number of piperidine rings is 1. The van der Waals surface area contributed by atoms with Crippen molar-refractivity contribution < 1.29 is 22.1 Å². The number of carbonyl (C=O) groups excluding carboxylic acids is 1. The molecule has 3 aromatic rings. The molecule has 0 bridgehead atoms. The van der Waals surface area contributed by atoms with E-state index in [2.05, 4.69) is 9.62 Å². The van der Waals surface area contributed by atoms with Gasteiger partial charge < -0.3 is 13.8 Å². The highest BCUT2D eigenvalue weighted by atomic mass is 32.2. The molecule has 2 unspecified atom stereocenters. The molecule has 0 spiro atoms. The van der Waals surface area contributed by atoms with Gasteiger partial charge in [0.05, 0.1) is 13.0 Å². The lowest BCUT2D eigenvalue weighted by atomic mass is 9.80. The normalized spacial score (nSPS) is 17.8. The van der Waals surface area contributed by atoms with Gasteiger partial charge in [0.1, 0.15) is 5.75 Å². The number of hydrogen-bond donors (Lipinski definition) is 1. The van der Waals surface area contributed by atoms with Gasteiger partial charge in [-0.3, -0.25) is 4.79 Å². The van der Waals surface area contributed by atoms with Gasteiger partial charge in [-0.25, -0.2) is 4.72 Å². The molecule has 7 nitrogen and oxygen atoms in total. The molecule has 1 fully saturated rings. The van der Waals surface area contributed by atoms with Crippen LogP contribution in [0.5, 0.6) is 11.5 Å². The Bertz CT molecular complexity index is 1360. The van der Waals surface area contributed by atoms with E-state index in [9.17, 15) is 13.2 Å². The molecule has 1 amide bonds. The Morgan fingerprint density at radius 3 is 2.18 bits per heavy atom. The molecule has 4 rings (SSSR count). The zero-order chi connectivity index (χ0) is 28.2. The van der Waals surface area contributed by atoms with Gasteiger partial charge in [0.15, 0.2) is 5.75 Å². The maximum Gasteiger partial charge on any atom is 0.409 e. The molecule has 208 valence electrons. The highest BCUT2D eigenvalue weighted by Crippen LogP contribution is 2.38. The Labute approximate surface area is 232 Å². The standard InChI is InChI=1S/C31H38N2O5S/c1-21(2)26-15-10-16-27(22(3)4)30(26)38-39(35,36)32-31(34)29-20-33(24-12-7-6-8-13-24)18-17-28(29)23-11-9-14-25(19-23)37-5/h6-16,19,21-22,28-29H,17-18,20H2,1-5H3,(H,32,34). The summed E-state index contributed by atoms with van der Waals surface area (Å²) in [7, 11) is -2.84. The van der Waals surface area contributed by atoms with Gasteiger partial charge in [-0.15, -0.1) is 0 Å². The molecule has 1 N–H and O–H groups in total. The van der Waals surface area contributed by atoms with Crippen LogP contribution in [-0.4, -0.2) is 34.5 Å². The molecule has 0 aromatic heterocycles. The Hall–Kier alpha value is -3.52. The summed E-state index contributed by atoms with van der Waals surface area (Å²) in [6, 6.07) is 23.1. The molecule has 3 aromatic carbocycles. The van der Waals surface area contributed by atoms with Crippen LogP contribution in [0.1, 0.15) is 68.6 Å². The third-order valence-electron chi connectivity index (χ3n) is 7.33. The first kappa shape index (κ1) is 28.5. The van der Waals surface area contributed by atoms with Gasteiger partial charge in [0.25, 0.3) is 0 Å². The van der Waals surface area contributed by atoms with Crippen LogP contribution in [0.25, 0.3) is 0 Å². The summed E-state index contributed by atoms with van der Waals surface area (Å²) < 4.78 is 39.9. The predicted octanol–water partition coefficient (Wildman–Crippen LogP) is 5.99. The fraction of sp³-hybridized carbons (Fsp3) is 0.387. The van der Waals surface area contributed by atoms with Gasteiger partial charge in [0, 0.05) is 18.8 Å². The first-order valence-corrected chi connectivity index (χ1v) is 14.8. The van der Waals surface area contributed by atoms with Crippen molar-refractivity contribution in [3.05, 3.63) is 89.5 Å². The summed E-state index contributed by atoms with van der Waals surface area (Å²) in [5.41, 5.74) is 3.49. The number of rotatable bonds is 9. The average molecular weight is 551 g/mol. The van der Waals surface area contributed by atoms with Crippen molar-refractivity contribution >= 4 is 21.9 Å². The molecular formula is C31H38N2O5S. The van der Waals surface area contributed by atoms with E-state index in [0.29, 0.717) is 24.5 Å². The summed E-state index contributed by atoms with van der Waals surface area (Å²) in [5.74, 6) is -0.337. The monoisotopic (exact) mass is 550 g/mol. The Kier molecular flexibility index (Phi) is 8.85. The van der Waals surface area contributed by atoms with Crippen molar-refractivity contribution in [2.75, 3.05) is 25.1 Å². The third-order valence-corrected chi connectivity index (χ3v) is 8.17. The van der Waals surface area contributed by atoms with Gasteiger partial charge in [-0.2, -0.15) is 8.42 Å². The summed E-state index contributed by atoms with van der Waals surface area (Å²) in [5, 5.41) is 0. The van der Waals surface area contributed by atoms with Gasteiger partial charge >= 0.3 is 10.3 Å². The van der Waals surface area contributed by atoms with Gasteiger partial charge in [0.2, 0.25) is 5.91 Å². The summed E-state index contributed by atoms with van der Waals surface area (Å²) >= 11 is 0. The largest absolute Gasteiger partial charge is 0.497 e. The predicted molar refractivity (Wildman–Crippen MR) is 155 cm³/mol. The molecule has 0 radical (unpaired) electrons. The van der Waals surface area contributed by atoms with Crippen LogP contribution in [0.3, 0.4) is 0 Å². The van der Waals surface area contributed by atoms with Crippen molar-refractivity contribution in [3.8, 4) is 11.5 Å². The average Bonchev–Trinajstić information content (AvgIpc) is 2.92. The van der Waals surface area contributed by atoms with Crippen molar-refractivity contribution in [2.45, 2.75) is 51.9 Å². The maximum atomic E-state index is 13.7. The molecule has 1 saturated heterocycles. The number of anilines is 1. The second kappa shape index (κ2) is 12.1. The van der Waals surface area contributed by atoms with E-state index >= 15 is 0 Å². The van der Waals surface area contributed by atoms with Crippen molar-refractivity contribution in [1.82, 2.24) is 4.72 Å². The van der Waals surface area contributed by atoms with Crippen LogP contribution in [0, 0.1) is 5.92 Å². The minimum atomic E-state index is -4.44. The van der Waals surface area contributed by atoms with Crippen molar-refractivity contribution in [2.24, 2.45) is 5.92 Å². The van der Waals surface area contributed by atoms with E-state index in [-0.39, 0.29) is 17.8 Å². The van der Waals surface area contributed by atoms with Crippen LogP contribution in [0.4, 0.5) is 5.69 Å². The molecular weight excluding hydrogens is 512 g/mol. The molecule has 1 heterocycles. The van der Waals surface area contributed by atoms with Gasteiger partial charge in [-0.1, -0.05) is 76.2 Å². The van der Waals surface area contributed by atoms with E-state index in [1.165, 1.54) is 0 Å². The van der Waals surface area contributed by atoms with Crippen LogP contribution >= 0.6 is 0 Å². The van der Waals surface area contributed by atoms with E-state index < -0.39 is 22.1 Å². The van der Waals surface area contributed by atoms with Crippen LogP contribution in [-0.2, 0) is 15.1 Å². The van der Waals surface area contributed by atoms with E-state index in [0.717, 1.165) is 28.9 Å². The molecule has 1 aliphatic heterocycles. The lowest BCUT2D eigenvalue weighted by molar-refractivity contribution is -0.124. The molecule has 0 aliphatic carbocycles. The van der Waals surface area contributed by atoms with E-state index in [4.69, 9.17) is 8.92 Å². The number of hydrogen-bond acceptors (Lipinski definition) is 6. The van der Waals surface area contributed by atoms with E-state index in [1.54, 1.807) is 7.11 Å². The fourth-order valence-electron chi connectivity index (χ4n) is 5.27. The lowest BCUT2D eigenvalue weighted by Gasteiger charge is -2.39. The molecule has 8 heteroatoms. The molecule has 2 atom stereocenters.